The predicted octanol–water partition coefficient (Wildman–Crippen LogP) is 2.45. The van der Waals surface area contributed by atoms with Crippen LogP contribution in [0.15, 0.2) is 48.5 Å². The molecule has 2 aromatic carbocycles. The molecular weight excluding hydrogens is 295 g/mol. The summed E-state index contributed by atoms with van der Waals surface area (Å²) in [5.74, 6) is -1.12. The average Bonchev–Trinajstić information content (AvgIpc) is 2.55. The molecule has 118 valence electrons. The van der Waals surface area contributed by atoms with Gasteiger partial charge in [0.2, 0.25) is 5.91 Å². The van der Waals surface area contributed by atoms with E-state index in [-0.39, 0.29) is 17.4 Å². The minimum Gasteiger partial charge on any atom is -0.352 e. The number of nitrogens with zero attached hydrogens (tertiary/aromatic N) is 1. The first-order chi connectivity index (χ1) is 11.1. The van der Waals surface area contributed by atoms with Crippen LogP contribution in [0, 0.1) is 12.7 Å². The Morgan fingerprint density at radius 3 is 2.74 bits per heavy atom. The predicted molar refractivity (Wildman–Crippen MR) is 84.4 cm³/mol. The molecule has 1 saturated heterocycles. The molecule has 1 aliphatic heterocycles. The van der Waals surface area contributed by atoms with Gasteiger partial charge < -0.3 is 10.2 Å². The van der Waals surface area contributed by atoms with Crippen LogP contribution in [0.3, 0.4) is 0 Å². The molecule has 5 heteroatoms. The van der Waals surface area contributed by atoms with Crippen molar-refractivity contribution in [1.82, 2.24) is 10.2 Å². The standard InChI is InChI=1S/C18H17FN2O2/c1-12-5-4-6-13(11-12)18(23)21-10-9-20-17(22)16(21)14-7-2-3-8-15(14)19/h2-8,11,16H,9-10H2,1H3,(H,20,22). The Morgan fingerprint density at radius 2 is 2.00 bits per heavy atom. The van der Waals surface area contributed by atoms with Gasteiger partial charge in [-0.25, -0.2) is 4.39 Å². The molecule has 23 heavy (non-hydrogen) atoms. The summed E-state index contributed by atoms with van der Waals surface area (Å²) in [6.45, 7) is 2.60. The fourth-order valence-electron chi connectivity index (χ4n) is 2.84. The van der Waals surface area contributed by atoms with Crippen molar-refractivity contribution >= 4 is 11.8 Å². The molecule has 1 aliphatic rings. The SMILES string of the molecule is Cc1cccc(C(=O)N2CCNC(=O)C2c2ccccc2F)c1. The molecule has 4 nitrogen and oxygen atoms in total. The highest BCUT2D eigenvalue weighted by Gasteiger charge is 2.36. The van der Waals surface area contributed by atoms with E-state index in [1.807, 2.05) is 13.0 Å². The lowest BCUT2D eigenvalue weighted by atomic mass is 10.00. The summed E-state index contributed by atoms with van der Waals surface area (Å²) in [7, 11) is 0. The summed E-state index contributed by atoms with van der Waals surface area (Å²) < 4.78 is 14.1. The molecule has 1 atom stereocenters. The highest BCUT2D eigenvalue weighted by atomic mass is 19.1. The first-order valence-corrected chi connectivity index (χ1v) is 7.47. The monoisotopic (exact) mass is 312 g/mol. The number of piperazine rings is 1. The number of hydrogen-bond donors (Lipinski definition) is 1. The molecule has 0 aromatic heterocycles. The van der Waals surface area contributed by atoms with Crippen LogP contribution >= 0.6 is 0 Å². The number of nitrogens with one attached hydrogen (secondary N) is 1. The van der Waals surface area contributed by atoms with Crippen LogP contribution in [0.5, 0.6) is 0 Å². The van der Waals surface area contributed by atoms with E-state index in [1.165, 1.54) is 11.0 Å². The van der Waals surface area contributed by atoms with Crippen LogP contribution in [0.4, 0.5) is 4.39 Å². The van der Waals surface area contributed by atoms with Gasteiger partial charge in [0.1, 0.15) is 11.9 Å². The second-order valence-electron chi connectivity index (χ2n) is 5.58. The van der Waals surface area contributed by atoms with E-state index in [1.54, 1.807) is 36.4 Å². The molecule has 1 fully saturated rings. The molecular formula is C18H17FN2O2. The topological polar surface area (TPSA) is 49.4 Å². The van der Waals surface area contributed by atoms with E-state index >= 15 is 0 Å². The third kappa shape index (κ3) is 2.95. The quantitative estimate of drug-likeness (QED) is 0.926. The van der Waals surface area contributed by atoms with Crippen LogP contribution < -0.4 is 5.32 Å². The zero-order valence-corrected chi connectivity index (χ0v) is 12.8. The van der Waals surface area contributed by atoms with Gasteiger partial charge in [0.15, 0.2) is 0 Å². The molecule has 1 N–H and O–H groups in total. The maximum atomic E-state index is 14.1. The summed E-state index contributed by atoms with van der Waals surface area (Å²) in [4.78, 5) is 26.5. The minimum absolute atomic E-state index is 0.214. The van der Waals surface area contributed by atoms with Gasteiger partial charge in [-0.1, -0.05) is 35.9 Å². The maximum Gasteiger partial charge on any atom is 0.254 e. The number of amides is 2. The first-order valence-electron chi connectivity index (χ1n) is 7.47. The number of benzene rings is 2. The smallest absolute Gasteiger partial charge is 0.254 e. The molecule has 0 radical (unpaired) electrons. The average molecular weight is 312 g/mol. The lowest BCUT2D eigenvalue weighted by Gasteiger charge is -2.35. The fourth-order valence-corrected chi connectivity index (χ4v) is 2.84. The second kappa shape index (κ2) is 6.20. The van der Waals surface area contributed by atoms with E-state index in [9.17, 15) is 14.0 Å². The van der Waals surface area contributed by atoms with E-state index in [2.05, 4.69) is 5.32 Å². The summed E-state index contributed by atoms with van der Waals surface area (Å²) in [6, 6.07) is 12.3. The van der Waals surface area contributed by atoms with Crippen LogP contribution in [0.25, 0.3) is 0 Å². The molecule has 0 bridgehead atoms. The molecule has 3 rings (SSSR count). The van der Waals surface area contributed by atoms with Crippen LogP contribution in [-0.2, 0) is 4.79 Å². The summed E-state index contributed by atoms with van der Waals surface area (Å²) >= 11 is 0. The number of hydrogen-bond acceptors (Lipinski definition) is 2. The third-order valence-corrected chi connectivity index (χ3v) is 3.94. The van der Waals surface area contributed by atoms with Gasteiger partial charge in [-0.05, 0) is 25.1 Å². The minimum atomic E-state index is -0.946. The van der Waals surface area contributed by atoms with Crippen molar-refractivity contribution in [3.05, 3.63) is 71.0 Å². The third-order valence-electron chi connectivity index (χ3n) is 3.94. The highest BCUT2D eigenvalue weighted by Crippen LogP contribution is 2.27. The van der Waals surface area contributed by atoms with Crippen molar-refractivity contribution in [1.29, 1.82) is 0 Å². The van der Waals surface area contributed by atoms with Crippen LogP contribution in [-0.4, -0.2) is 29.8 Å². The van der Waals surface area contributed by atoms with Crippen molar-refractivity contribution in [3.8, 4) is 0 Å². The van der Waals surface area contributed by atoms with Gasteiger partial charge in [-0.3, -0.25) is 9.59 Å². The van der Waals surface area contributed by atoms with Crippen LogP contribution in [0.1, 0.15) is 27.5 Å². The van der Waals surface area contributed by atoms with Gasteiger partial charge in [0.05, 0.1) is 0 Å². The zero-order valence-electron chi connectivity index (χ0n) is 12.8. The number of carbonyl (C=O) groups is 2. The van der Waals surface area contributed by atoms with E-state index < -0.39 is 11.9 Å². The van der Waals surface area contributed by atoms with Gasteiger partial charge in [0.25, 0.3) is 5.91 Å². The van der Waals surface area contributed by atoms with Gasteiger partial charge in [-0.15, -0.1) is 0 Å². The Hall–Kier alpha value is -2.69. The Bertz CT molecular complexity index is 760. The highest BCUT2D eigenvalue weighted by molar-refractivity contribution is 5.98. The first kappa shape index (κ1) is 15.2. The van der Waals surface area contributed by atoms with E-state index in [4.69, 9.17) is 0 Å². The molecule has 1 unspecified atom stereocenters. The zero-order chi connectivity index (χ0) is 16.4. The Kier molecular flexibility index (Phi) is 4.10. The molecule has 0 aliphatic carbocycles. The molecule has 1 heterocycles. The normalized spacial score (nSPS) is 17.7. The second-order valence-corrected chi connectivity index (χ2v) is 5.58. The largest absolute Gasteiger partial charge is 0.352 e. The molecule has 0 spiro atoms. The van der Waals surface area contributed by atoms with Crippen molar-refractivity contribution in [3.63, 3.8) is 0 Å². The Balaban J connectivity index is 2.00. The Labute approximate surface area is 133 Å². The van der Waals surface area contributed by atoms with E-state index in [0.29, 0.717) is 18.7 Å². The van der Waals surface area contributed by atoms with Gasteiger partial charge in [0, 0.05) is 24.2 Å². The van der Waals surface area contributed by atoms with Crippen molar-refractivity contribution in [2.45, 2.75) is 13.0 Å². The van der Waals surface area contributed by atoms with Crippen molar-refractivity contribution in [2.24, 2.45) is 0 Å². The van der Waals surface area contributed by atoms with Gasteiger partial charge in [-0.2, -0.15) is 0 Å². The summed E-state index contributed by atoms with van der Waals surface area (Å²) in [5.41, 5.74) is 1.67. The number of rotatable bonds is 2. The maximum absolute atomic E-state index is 14.1. The number of halogens is 1. The summed E-state index contributed by atoms with van der Waals surface area (Å²) in [6.07, 6.45) is 0. The molecule has 2 aromatic rings. The van der Waals surface area contributed by atoms with Crippen molar-refractivity contribution < 1.29 is 14.0 Å². The molecule has 0 saturated carbocycles. The van der Waals surface area contributed by atoms with Crippen molar-refractivity contribution in [2.75, 3.05) is 13.1 Å². The lowest BCUT2D eigenvalue weighted by Crippen LogP contribution is -2.52. The van der Waals surface area contributed by atoms with Crippen LogP contribution in [0.2, 0.25) is 0 Å². The Morgan fingerprint density at radius 1 is 1.22 bits per heavy atom. The summed E-state index contributed by atoms with van der Waals surface area (Å²) in [5, 5.41) is 2.71. The fraction of sp³-hybridized carbons (Fsp3) is 0.222. The lowest BCUT2D eigenvalue weighted by molar-refractivity contribution is -0.128. The number of aryl methyl sites for hydroxylation is 1. The van der Waals surface area contributed by atoms with E-state index in [0.717, 1.165) is 5.56 Å². The number of carbonyl (C=O) groups excluding carboxylic acids is 2. The molecule has 2 amide bonds. The van der Waals surface area contributed by atoms with Gasteiger partial charge >= 0.3 is 0 Å².